The molecule has 5 nitrogen and oxygen atoms in total. The molecule has 0 amide bonds. The van der Waals surface area contributed by atoms with Gasteiger partial charge in [-0.25, -0.2) is 13.4 Å². The summed E-state index contributed by atoms with van der Waals surface area (Å²) in [5.41, 5.74) is 1.78. The number of methoxy groups -OCH3 is 1. The summed E-state index contributed by atoms with van der Waals surface area (Å²) in [5, 5.41) is 6.21. The summed E-state index contributed by atoms with van der Waals surface area (Å²) >= 11 is 1.58. The van der Waals surface area contributed by atoms with Gasteiger partial charge in [-0.3, -0.25) is 0 Å². The molecule has 7 heteroatoms. The summed E-state index contributed by atoms with van der Waals surface area (Å²) in [7, 11) is -1.48. The molecule has 0 aliphatic rings. The number of nitrogens with zero attached hydrogens (tertiary/aromatic N) is 1. The number of thiazole rings is 1. The first-order chi connectivity index (χ1) is 10.0. The van der Waals surface area contributed by atoms with Crippen molar-refractivity contribution >= 4 is 21.2 Å². The fraction of sp³-hybridized carbons (Fsp3) is 0.357. The Morgan fingerprint density at radius 1 is 1.29 bits per heavy atom. The maximum atomic E-state index is 11.4. The molecule has 1 aromatic heterocycles. The van der Waals surface area contributed by atoms with E-state index in [1.165, 1.54) is 6.26 Å². The van der Waals surface area contributed by atoms with E-state index in [2.05, 4.69) is 10.3 Å². The van der Waals surface area contributed by atoms with Gasteiger partial charge in [0.1, 0.15) is 5.01 Å². The molecule has 0 saturated heterocycles. The third-order valence-electron chi connectivity index (χ3n) is 2.89. The Morgan fingerprint density at radius 2 is 2.00 bits per heavy atom. The van der Waals surface area contributed by atoms with Crippen LogP contribution in [0.3, 0.4) is 0 Å². The maximum absolute atomic E-state index is 11.4. The van der Waals surface area contributed by atoms with Crippen LogP contribution in [0.2, 0.25) is 0 Å². The number of sulfone groups is 1. The predicted molar refractivity (Wildman–Crippen MR) is 84.2 cm³/mol. The summed E-state index contributed by atoms with van der Waals surface area (Å²) < 4.78 is 27.8. The molecule has 1 N–H and O–H groups in total. The Balaban J connectivity index is 2.04. The molecule has 0 aliphatic heterocycles. The molecule has 1 aromatic carbocycles. The fourth-order valence-corrected chi connectivity index (χ4v) is 3.17. The van der Waals surface area contributed by atoms with E-state index in [1.54, 1.807) is 42.7 Å². The van der Waals surface area contributed by atoms with Gasteiger partial charge in [0, 0.05) is 37.4 Å². The molecule has 21 heavy (non-hydrogen) atoms. The average molecular weight is 326 g/mol. The molecule has 0 fully saturated rings. The van der Waals surface area contributed by atoms with Gasteiger partial charge in [-0.2, -0.15) is 0 Å². The standard InChI is InChI=1S/C14H18N2O3S2/c1-19-8-7-15-9-14-16-13(10-20-14)11-3-5-12(6-4-11)21(2,17)18/h3-6,10,15H,7-9H2,1-2H3. The summed E-state index contributed by atoms with van der Waals surface area (Å²) in [6.45, 7) is 2.16. The number of ether oxygens (including phenoxy) is 1. The van der Waals surface area contributed by atoms with Crippen molar-refractivity contribution in [3.63, 3.8) is 0 Å². The number of rotatable bonds is 7. The lowest BCUT2D eigenvalue weighted by atomic mass is 10.2. The first-order valence-corrected chi connectivity index (χ1v) is 9.22. The second kappa shape index (κ2) is 7.13. The molecule has 0 radical (unpaired) electrons. The minimum atomic E-state index is -3.15. The largest absolute Gasteiger partial charge is 0.383 e. The highest BCUT2D eigenvalue weighted by molar-refractivity contribution is 7.90. The number of aromatic nitrogens is 1. The molecule has 2 aromatic rings. The van der Waals surface area contributed by atoms with E-state index in [-0.39, 0.29) is 0 Å². The van der Waals surface area contributed by atoms with Crippen LogP contribution in [0, 0.1) is 0 Å². The van der Waals surface area contributed by atoms with Gasteiger partial charge in [-0.1, -0.05) is 12.1 Å². The third-order valence-corrected chi connectivity index (χ3v) is 4.87. The first kappa shape index (κ1) is 16.1. The van der Waals surface area contributed by atoms with E-state index in [0.717, 1.165) is 22.8 Å². The molecule has 0 spiro atoms. The Bertz CT molecular complexity index is 678. The third kappa shape index (κ3) is 4.60. The van der Waals surface area contributed by atoms with Gasteiger partial charge >= 0.3 is 0 Å². The van der Waals surface area contributed by atoms with E-state index in [0.29, 0.717) is 18.0 Å². The zero-order chi connectivity index (χ0) is 15.3. The van der Waals surface area contributed by atoms with Gasteiger partial charge in [-0.05, 0) is 12.1 Å². The SMILES string of the molecule is COCCNCc1nc(-c2ccc(S(C)(=O)=O)cc2)cs1. The lowest BCUT2D eigenvalue weighted by molar-refractivity contribution is 0.199. The van der Waals surface area contributed by atoms with E-state index >= 15 is 0 Å². The lowest BCUT2D eigenvalue weighted by Crippen LogP contribution is -2.18. The first-order valence-electron chi connectivity index (χ1n) is 6.45. The molecule has 0 saturated carbocycles. The van der Waals surface area contributed by atoms with Crippen LogP contribution in [-0.4, -0.2) is 39.9 Å². The number of hydrogen-bond acceptors (Lipinski definition) is 6. The molecule has 1 heterocycles. The summed E-state index contributed by atoms with van der Waals surface area (Å²) in [5.74, 6) is 0. The highest BCUT2D eigenvalue weighted by Crippen LogP contribution is 2.23. The highest BCUT2D eigenvalue weighted by Gasteiger charge is 2.08. The van der Waals surface area contributed by atoms with Crippen molar-refractivity contribution in [3.8, 4) is 11.3 Å². The van der Waals surface area contributed by atoms with Crippen LogP contribution in [0.5, 0.6) is 0 Å². The highest BCUT2D eigenvalue weighted by atomic mass is 32.2. The van der Waals surface area contributed by atoms with E-state index in [4.69, 9.17) is 4.74 Å². The van der Waals surface area contributed by atoms with Gasteiger partial charge in [0.05, 0.1) is 17.2 Å². The van der Waals surface area contributed by atoms with E-state index in [9.17, 15) is 8.42 Å². The second-order valence-electron chi connectivity index (χ2n) is 4.59. The van der Waals surface area contributed by atoms with E-state index in [1.807, 2.05) is 5.38 Å². The number of hydrogen-bond donors (Lipinski definition) is 1. The Labute approximate surface area is 128 Å². The zero-order valence-electron chi connectivity index (χ0n) is 12.0. The molecular weight excluding hydrogens is 308 g/mol. The fourth-order valence-electron chi connectivity index (χ4n) is 1.77. The molecule has 0 atom stereocenters. The van der Waals surface area contributed by atoms with Crippen LogP contribution >= 0.6 is 11.3 Å². The minimum Gasteiger partial charge on any atom is -0.383 e. The Hall–Kier alpha value is -1.28. The van der Waals surface area contributed by atoms with Crippen LogP contribution in [-0.2, 0) is 21.1 Å². The quantitative estimate of drug-likeness (QED) is 0.788. The van der Waals surface area contributed by atoms with Crippen LogP contribution in [0.1, 0.15) is 5.01 Å². The normalized spacial score (nSPS) is 11.7. The molecule has 0 unspecified atom stereocenters. The Kier molecular flexibility index (Phi) is 5.46. The molecular formula is C14H18N2O3S2. The molecule has 2 rings (SSSR count). The van der Waals surface area contributed by atoms with Crippen LogP contribution in [0.4, 0.5) is 0 Å². The van der Waals surface area contributed by atoms with Crippen LogP contribution in [0.15, 0.2) is 34.5 Å². The van der Waals surface area contributed by atoms with Crippen molar-refractivity contribution in [2.24, 2.45) is 0 Å². The summed E-state index contributed by atoms with van der Waals surface area (Å²) in [6.07, 6.45) is 1.20. The van der Waals surface area contributed by atoms with Gasteiger partial charge < -0.3 is 10.1 Å². The summed E-state index contributed by atoms with van der Waals surface area (Å²) in [6, 6.07) is 6.79. The lowest BCUT2D eigenvalue weighted by Gasteiger charge is -2.01. The topological polar surface area (TPSA) is 68.3 Å². The smallest absolute Gasteiger partial charge is 0.175 e. The summed E-state index contributed by atoms with van der Waals surface area (Å²) in [4.78, 5) is 4.86. The van der Waals surface area contributed by atoms with Gasteiger partial charge in [-0.15, -0.1) is 11.3 Å². The van der Waals surface area contributed by atoms with Gasteiger partial charge in [0.25, 0.3) is 0 Å². The average Bonchev–Trinajstić information content (AvgIpc) is 2.92. The Morgan fingerprint density at radius 3 is 2.62 bits per heavy atom. The van der Waals surface area contributed by atoms with E-state index < -0.39 is 9.84 Å². The van der Waals surface area contributed by atoms with Crippen molar-refractivity contribution in [2.45, 2.75) is 11.4 Å². The predicted octanol–water partition coefficient (Wildman–Crippen LogP) is 1.95. The minimum absolute atomic E-state index is 0.322. The van der Waals surface area contributed by atoms with Gasteiger partial charge in [0.15, 0.2) is 9.84 Å². The van der Waals surface area contributed by atoms with Crippen LogP contribution < -0.4 is 5.32 Å². The van der Waals surface area contributed by atoms with Crippen molar-refractivity contribution in [2.75, 3.05) is 26.5 Å². The van der Waals surface area contributed by atoms with Crippen molar-refractivity contribution < 1.29 is 13.2 Å². The zero-order valence-corrected chi connectivity index (χ0v) is 13.6. The molecule has 0 bridgehead atoms. The second-order valence-corrected chi connectivity index (χ2v) is 7.55. The molecule has 0 aliphatic carbocycles. The number of benzene rings is 1. The molecule has 114 valence electrons. The monoisotopic (exact) mass is 326 g/mol. The van der Waals surface area contributed by atoms with Crippen molar-refractivity contribution in [3.05, 3.63) is 34.7 Å². The van der Waals surface area contributed by atoms with Crippen molar-refractivity contribution in [1.82, 2.24) is 10.3 Å². The maximum Gasteiger partial charge on any atom is 0.175 e. The van der Waals surface area contributed by atoms with Gasteiger partial charge in [0.2, 0.25) is 0 Å². The van der Waals surface area contributed by atoms with Crippen molar-refractivity contribution in [1.29, 1.82) is 0 Å². The van der Waals surface area contributed by atoms with Crippen LogP contribution in [0.25, 0.3) is 11.3 Å². The number of nitrogens with one attached hydrogen (secondary N) is 1.